The number of carbonyl (C=O) groups is 1. The first-order chi connectivity index (χ1) is 16.0. The van der Waals surface area contributed by atoms with Gasteiger partial charge >= 0.3 is 0 Å². The summed E-state index contributed by atoms with van der Waals surface area (Å²) < 4.78 is 0. The van der Waals surface area contributed by atoms with E-state index in [9.17, 15) is 4.79 Å². The molecule has 0 fully saturated rings. The van der Waals surface area contributed by atoms with Gasteiger partial charge in [-0.25, -0.2) is 0 Å². The lowest BCUT2D eigenvalue weighted by Gasteiger charge is -2.20. The first-order valence-electron chi connectivity index (χ1n) is 11.0. The smallest absolute Gasteiger partial charge is 0.251 e. The number of hydrogen-bond donors (Lipinski definition) is 1. The van der Waals surface area contributed by atoms with Crippen LogP contribution in [-0.2, 0) is 17.8 Å². The number of carbonyl (C=O) groups excluding carboxylic acids is 1. The van der Waals surface area contributed by atoms with E-state index in [1.54, 1.807) is 11.9 Å². The summed E-state index contributed by atoms with van der Waals surface area (Å²) in [5.74, 6) is -0.0447. The number of benzodiazepines with no additional fused rings is 1. The number of nitrogens with two attached hydrogens (primary N) is 1. The second-order valence-corrected chi connectivity index (χ2v) is 8.78. The van der Waals surface area contributed by atoms with E-state index in [1.165, 1.54) is 5.39 Å². The van der Waals surface area contributed by atoms with Gasteiger partial charge in [0.2, 0.25) is 0 Å². The van der Waals surface area contributed by atoms with Crippen molar-refractivity contribution >= 4 is 39.7 Å². The highest BCUT2D eigenvalue weighted by Gasteiger charge is 2.30. The van der Waals surface area contributed by atoms with E-state index in [0.717, 1.165) is 39.0 Å². The van der Waals surface area contributed by atoms with Gasteiger partial charge < -0.3 is 10.6 Å². The minimum Gasteiger partial charge on any atom is -0.326 e. The third kappa shape index (κ3) is 4.15. The quantitative estimate of drug-likeness (QED) is 0.451. The van der Waals surface area contributed by atoms with Gasteiger partial charge in [-0.3, -0.25) is 9.79 Å². The van der Waals surface area contributed by atoms with E-state index >= 15 is 0 Å². The summed E-state index contributed by atoms with van der Waals surface area (Å²) in [4.78, 5) is 20.3. The molecule has 1 aliphatic heterocycles. The van der Waals surface area contributed by atoms with Crippen LogP contribution in [0.5, 0.6) is 0 Å². The van der Waals surface area contributed by atoms with Crippen LogP contribution in [0.2, 0.25) is 5.02 Å². The molecular weight excluding hydrogens is 430 g/mol. The Morgan fingerprint density at radius 2 is 1.73 bits per heavy atom. The number of anilines is 1. The molecule has 1 heterocycles. The first-order valence-corrected chi connectivity index (χ1v) is 11.3. The topological polar surface area (TPSA) is 58.7 Å². The van der Waals surface area contributed by atoms with Crippen molar-refractivity contribution in [1.82, 2.24) is 0 Å². The summed E-state index contributed by atoms with van der Waals surface area (Å²) in [6.07, 6.45) is 0.510. The van der Waals surface area contributed by atoms with Crippen molar-refractivity contribution in [1.29, 1.82) is 0 Å². The monoisotopic (exact) mass is 453 g/mol. The summed E-state index contributed by atoms with van der Waals surface area (Å²) in [7, 11) is 1.80. The van der Waals surface area contributed by atoms with Crippen molar-refractivity contribution in [3.05, 3.63) is 112 Å². The van der Waals surface area contributed by atoms with Gasteiger partial charge in [-0.05, 0) is 46.2 Å². The van der Waals surface area contributed by atoms with Crippen LogP contribution in [0.25, 0.3) is 10.8 Å². The molecule has 0 bridgehead atoms. The Balaban J connectivity index is 1.64. The van der Waals surface area contributed by atoms with Crippen molar-refractivity contribution < 1.29 is 4.79 Å². The maximum Gasteiger partial charge on any atom is 0.251 e. The highest BCUT2D eigenvalue weighted by Crippen LogP contribution is 2.31. The Morgan fingerprint density at radius 3 is 2.55 bits per heavy atom. The van der Waals surface area contributed by atoms with Crippen molar-refractivity contribution in [3.63, 3.8) is 0 Å². The van der Waals surface area contributed by atoms with Gasteiger partial charge in [0.15, 0.2) is 0 Å². The molecule has 5 heteroatoms. The SMILES string of the molecule is CN1C(=O)C(Cc2ccc3ccccc3c2)N=C(c2cccc(CN)c2)c2cc(Cl)ccc21. The first kappa shape index (κ1) is 21.4. The number of halogens is 1. The van der Waals surface area contributed by atoms with E-state index in [0.29, 0.717) is 18.0 Å². The number of rotatable bonds is 4. The molecule has 1 amide bonds. The van der Waals surface area contributed by atoms with E-state index in [2.05, 4.69) is 30.3 Å². The normalized spacial score (nSPS) is 15.8. The van der Waals surface area contributed by atoms with Gasteiger partial charge in [0.05, 0.1) is 11.4 Å². The van der Waals surface area contributed by atoms with Gasteiger partial charge in [-0.15, -0.1) is 0 Å². The van der Waals surface area contributed by atoms with Crippen LogP contribution < -0.4 is 10.6 Å². The van der Waals surface area contributed by atoms with Crippen molar-refractivity contribution in [2.45, 2.75) is 19.0 Å². The van der Waals surface area contributed by atoms with Gasteiger partial charge in [0, 0.05) is 36.2 Å². The van der Waals surface area contributed by atoms with Gasteiger partial charge in [-0.2, -0.15) is 0 Å². The summed E-state index contributed by atoms with van der Waals surface area (Å²) >= 11 is 6.37. The molecule has 1 atom stereocenters. The second-order valence-electron chi connectivity index (χ2n) is 8.34. The lowest BCUT2D eigenvalue weighted by Crippen LogP contribution is -2.36. The highest BCUT2D eigenvalue weighted by molar-refractivity contribution is 6.32. The van der Waals surface area contributed by atoms with Crippen LogP contribution in [0.3, 0.4) is 0 Å². The largest absolute Gasteiger partial charge is 0.326 e. The molecule has 0 spiro atoms. The third-order valence-electron chi connectivity index (χ3n) is 6.15. The van der Waals surface area contributed by atoms with Gasteiger partial charge in [0.1, 0.15) is 6.04 Å². The van der Waals surface area contributed by atoms with Crippen LogP contribution in [0.15, 0.2) is 89.9 Å². The number of amides is 1. The molecule has 4 nitrogen and oxygen atoms in total. The minimum atomic E-state index is -0.557. The molecule has 1 aliphatic rings. The number of fused-ring (bicyclic) bond motifs is 2. The lowest BCUT2D eigenvalue weighted by atomic mass is 9.98. The summed E-state index contributed by atoms with van der Waals surface area (Å²) in [6.45, 7) is 0.433. The molecule has 0 aromatic heterocycles. The Labute approximate surface area is 198 Å². The Bertz CT molecular complexity index is 1400. The zero-order chi connectivity index (χ0) is 22.9. The van der Waals surface area contributed by atoms with Gasteiger partial charge in [0.25, 0.3) is 5.91 Å². The molecule has 1 unspecified atom stereocenters. The number of aliphatic imine (C=N–C) groups is 1. The minimum absolute atomic E-state index is 0.0447. The molecular formula is C28H24ClN3O. The van der Waals surface area contributed by atoms with Crippen molar-refractivity contribution in [2.24, 2.45) is 10.7 Å². The molecule has 0 saturated heterocycles. The lowest BCUT2D eigenvalue weighted by molar-refractivity contribution is -0.119. The molecule has 33 heavy (non-hydrogen) atoms. The molecule has 5 rings (SSSR count). The second kappa shape index (κ2) is 8.81. The van der Waals surface area contributed by atoms with E-state index < -0.39 is 6.04 Å². The Kier molecular flexibility index (Phi) is 5.71. The molecule has 2 N–H and O–H groups in total. The maximum atomic E-state index is 13.5. The fraction of sp³-hybridized carbons (Fsp3) is 0.143. The third-order valence-corrected chi connectivity index (χ3v) is 6.39. The standard InChI is InChI=1S/C28H24ClN3O/c1-32-26-12-11-23(29)16-24(26)27(22-8-4-5-19(14-22)17-30)31-25(28(32)33)15-18-9-10-20-6-2-3-7-21(20)13-18/h2-14,16,25H,15,17,30H2,1H3. The summed E-state index contributed by atoms with van der Waals surface area (Å²) in [6, 6.07) is 27.6. The zero-order valence-electron chi connectivity index (χ0n) is 18.3. The van der Waals surface area contributed by atoms with Crippen molar-refractivity contribution in [2.75, 3.05) is 11.9 Å². The fourth-order valence-electron chi connectivity index (χ4n) is 4.41. The molecule has 0 saturated carbocycles. The predicted molar refractivity (Wildman–Crippen MR) is 136 cm³/mol. The Hall–Kier alpha value is -3.47. The molecule has 0 radical (unpaired) electrons. The summed E-state index contributed by atoms with van der Waals surface area (Å²) in [5, 5.41) is 2.93. The highest BCUT2D eigenvalue weighted by atomic mass is 35.5. The predicted octanol–water partition coefficient (Wildman–Crippen LogP) is 5.38. The molecule has 0 aliphatic carbocycles. The van der Waals surface area contributed by atoms with Crippen LogP contribution in [0, 0.1) is 0 Å². The van der Waals surface area contributed by atoms with Gasteiger partial charge in [-0.1, -0.05) is 72.3 Å². The van der Waals surface area contributed by atoms with E-state index in [1.807, 2.05) is 54.6 Å². The van der Waals surface area contributed by atoms with Crippen LogP contribution in [0.4, 0.5) is 5.69 Å². The molecule has 164 valence electrons. The maximum absolute atomic E-state index is 13.5. The van der Waals surface area contributed by atoms with E-state index in [-0.39, 0.29) is 5.91 Å². The Morgan fingerprint density at radius 1 is 0.909 bits per heavy atom. The average molecular weight is 454 g/mol. The van der Waals surface area contributed by atoms with Crippen molar-refractivity contribution in [3.8, 4) is 0 Å². The average Bonchev–Trinajstić information content (AvgIpc) is 2.94. The molecule has 4 aromatic carbocycles. The fourth-order valence-corrected chi connectivity index (χ4v) is 4.58. The number of nitrogens with zero attached hydrogens (tertiary/aromatic N) is 2. The van der Waals surface area contributed by atoms with Crippen LogP contribution >= 0.6 is 11.6 Å². The summed E-state index contributed by atoms with van der Waals surface area (Å²) in [5.41, 5.74) is 11.3. The number of likely N-dealkylation sites (N-methyl/N-ethyl adjacent to an activating group) is 1. The molecule has 4 aromatic rings. The van der Waals surface area contributed by atoms with Crippen LogP contribution in [0.1, 0.15) is 22.3 Å². The van der Waals surface area contributed by atoms with Crippen LogP contribution in [-0.4, -0.2) is 24.7 Å². The number of benzene rings is 4. The zero-order valence-corrected chi connectivity index (χ0v) is 19.1. The number of hydrogen-bond acceptors (Lipinski definition) is 3. The van der Waals surface area contributed by atoms with E-state index in [4.69, 9.17) is 22.3 Å².